The van der Waals surface area contributed by atoms with Crippen molar-refractivity contribution < 1.29 is 4.79 Å². The standard InChI is InChI=1S/C16H17N3O3/c1-2-13-12-6-4-3-5-11(12)9-19(13)15(21)10-18-8-7-14(20)17-16(18)22/h3-8,13H,2,9-10H2,1H3,(H,17,20,22)/t13-/m0/s1. The molecule has 0 aliphatic carbocycles. The maximum atomic E-state index is 12.6. The Morgan fingerprint density at radius 2 is 2.05 bits per heavy atom. The molecule has 1 aromatic carbocycles. The lowest BCUT2D eigenvalue weighted by Crippen LogP contribution is -2.37. The summed E-state index contributed by atoms with van der Waals surface area (Å²) in [5, 5.41) is 0. The third-order valence-corrected chi connectivity index (χ3v) is 4.04. The molecule has 1 aliphatic heterocycles. The molecule has 0 fully saturated rings. The summed E-state index contributed by atoms with van der Waals surface area (Å²) in [4.78, 5) is 39.3. The lowest BCUT2D eigenvalue weighted by Gasteiger charge is -2.24. The van der Waals surface area contributed by atoms with Crippen molar-refractivity contribution in [2.24, 2.45) is 0 Å². The molecule has 1 aliphatic rings. The monoisotopic (exact) mass is 299 g/mol. The van der Waals surface area contributed by atoms with Crippen molar-refractivity contribution >= 4 is 5.91 Å². The number of carbonyl (C=O) groups excluding carboxylic acids is 1. The predicted molar refractivity (Wildman–Crippen MR) is 81.3 cm³/mol. The number of benzene rings is 1. The van der Waals surface area contributed by atoms with Crippen molar-refractivity contribution in [3.8, 4) is 0 Å². The number of aromatic amines is 1. The molecule has 2 aromatic rings. The van der Waals surface area contributed by atoms with E-state index in [9.17, 15) is 14.4 Å². The number of fused-ring (bicyclic) bond motifs is 1. The predicted octanol–water partition coefficient (Wildman–Crippen LogP) is 1.03. The number of nitrogens with zero attached hydrogens (tertiary/aromatic N) is 2. The molecule has 1 N–H and O–H groups in total. The van der Waals surface area contributed by atoms with Crippen molar-refractivity contribution in [3.63, 3.8) is 0 Å². The van der Waals surface area contributed by atoms with Crippen LogP contribution in [0.1, 0.15) is 30.5 Å². The van der Waals surface area contributed by atoms with Gasteiger partial charge in [0.25, 0.3) is 5.56 Å². The van der Waals surface area contributed by atoms with E-state index in [2.05, 4.69) is 4.98 Å². The van der Waals surface area contributed by atoms with Gasteiger partial charge in [0.05, 0.1) is 6.04 Å². The maximum Gasteiger partial charge on any atom is 0.328 e. The zero-order chi connectivity index (χ0) is 15.7. The highest BCUT2D eigenvalue weighted by Crippen LogP contribution is 2.35. The molecule has 0 radical (unpaired) electrons. The van der Waals surface area contributed by atoms with Gasteiger partial charge in [0, 0.05) is 18.8 Å². The number of amides is 1. The van der Waals surface area contributed by atoms with E-state index in [4.69, 9.17) is 0 Å². The van der Waals surface area contributed by atoms with E-state index in [0.717, 1.165) is 12.0 Å². The molecule has 3 rings (SSSR count). The molecule has 0 bridgehead atoms. The van der Waals surface area contributed by atoms with Crippen LogP contribution in [0.15, 0.2) is 46.1 Å². The molecular formula is C16H17N3O3. The van der Waals surface area contributed by atoms with E-state index >= 15 is 0 Å². The second kappa shape index (κ2) is 5.63. The number of rotatable bonds is 3. The van der Waals surface area contributed by atoms with Gasteiger partial charge in [-0.05, 0) is 17.5 Å². The second-order valence-corrected chi connectivity index (χ2v) is 5.38. The zero-order valence-electron chi connectivity index (χ0n) is 12.3. The Morgan fingerprint density at radius 1 is 1.27 bits per heavy atom. The number of nitrogens with one attached hydrogen (secondary N) is 1. The van der Waals surface area contributed by atoms with E-state index in [1.807, 2.05) is 31.2 Å². The van der Waals surface area contributed by atoms with Gasteiger partial charge >= 0.3 is 5.69 Å². The lowest BCUT2D eigenvalue weighted by atomic mass is 10.0. The molecule has 1 atom stereocenters. The molecule has 0 spiro atoms. The summed E-state index contributed by atoms with van der Waals surface area (Å²) < 4.78 is 1.22. The van der Waals surface area contributed by atoms with Crippen molar-refractivity contribution in [1.82, 2.24) is 14.5 Å². The molecule has 0 saturated heterocycles. The van der Waals surface area contributed by atoms with Crippen LogP contribution < -0.4 is 11.2 Å². The zero-order valence-corrected chi connectivity index (χ0v) is 12.3. The van der Waals surface area contributed by atoms with Gasteiger partial charge in [0.2, 0.25) is 5.91 Å². The maximum absolute atomic E-state index is 12.6. The fourth-order valence-electron chi connectivity index (χ4n) is 2.97. The van der Waals surface area contributed by atoms with E-state index < -0.39 is 11.2 Å². The molecule has 6 nitrogen and oxygen atoms in total. The number of hydrogen-bond acceptors (Lipinski definition) is 3. The van der Waals surface area contributed by atoms with E-state index in [1.165, 1.54) is 22.4 Å². The van der Waals surface area contributed by atoms with Crippen LogP contribution in [0.5, 0.6) is 0 Å². The molecule has 6 heteroatoms. The molecule has 114 valence electrons. The van der Waals surface area contributed by atoms with Gasteiger partial charge < -0.3 is 4.90 Å². The van der Waals surface area contributed by atoms with Crippen LogP contribution in [0.3, 0.4) is 0 Å². The van der Waals surface area contributed by atoms with Crippen LogP contribution in [0.4, 0.5) is 0 Å². The van der Waals surface area contributed by atoms with Crippen LogP contribution in [-0.2, 0) is 17.9 Å². The van der Waals surface area contributed by atoms with Crippen LogP contribution in [-0.4, -0.2) is 20.4 Å². The quantitative estimate of drug-likeness (QED) is 0.920. The van der Waals surface area contributed by atoms with Gasteiger partial charge in [-0.1, -0.05) is 31.2 Å². The first-order chi connectivity index (χ1) is 10.6. The third-order valence-electron chi connectivity index (χ3n) is 4.04. The van der Waals surface area contributed by atoms with Crippen molar-refractivity contribution in [2.75, 3.05) is 0 Å². The van der Waals surface area contributed by atoms with Crippen LogP contribution >= 0.6 is 0 Å². The summed E-state index contributed by atoms with van der Waals surface area (Å²) in [5.74, 6) is -0.128. The first-order valence-corrected chi connectivity index (χ1v) is 7.27. The van der Waals surface area contributed by atoms with Gasteiger partial charge in [-0.2, -0.15) is 0 Å². The van der Waals surface area contributed by atoms with Gasteiger partial charge in [0.1, 0.15) is 6.54 Å². The highest BCUT2D eigenvalue weighted by molar-refractivity contribution is 5.77. The Bertz CT molecular complexity index is 822. The summed E-state index contributed by atoms with van der Waals surface area (Å²) in [5.41, 5.74) is 1.29. The average Bonchev–Trinajstić information content (AvgIpc) is 2.88. The van der Waals surface area contributed by atoms with Gasteiger partial charge in [-0.3, -0.25) is 19.1 Å². The topological polar surface area (TPSA) is 75.2 Å². The normalized spacial score (nSPS) is 16.6. The molecule has 0 unspecified atom stereocenters. The van der Waals surface area contributed by atoms with E-state index in [1.54, 1.807) is 4.90 Å². The van der Waals surface area contributed by atoms with Crippen LogP contribution in [0.25, 0.3) is 0 Å². The number of carbonyl (C=O) groups is 1. The molecule has 0 saturated carbocycles. The minimum atomic E-state index is -0.564. The molecule has 22 heavy (non-hydrogen) atoms. The molecule has 2 heterocycles. The van der Waals surface area contributed by atoms with Gasteiger partial charge in [-0.25, -0.2) is 4.79 Å². The summed E-state index contributed by atoms with van der Waals surface area (Å²) in [6.07, 6.45) is 2.17. The highest BCUT2D eigenvalue weighted by atomic mass is 16.2. The summed E-state index contributed by atoms with van der Waals surface area (Å²) in [6, 6.07) is 9.29. The Morgan fingerprint density at radius 3 is 2.77 bits per heavy atom. The minimum absolute atomic E-state index is 0.0437. The first-order valence-electron chi connectivity index (χ1n) is 7.27. The lowest BCUT2D eigenvalue weighted by molar-refractivity contribution is -0.134. The SMILES string of the molecule is CC[C@H]1c2ccccc2CN1C(=O)Cn1ccc(=O)[nH]c1=O. The van der Waals surface area contributed by atoms with E-state index in [0.29, 0.717) is 6.54 Å². The average molecular weight is 299 g/mol. The van der Waals surface area contributed by atoms with E-state index in [-0.39, 0.29) is 18.5 Å². The fraction of sp³-hybridized carbons (Fsp3) is 0.312. The largest absolute Gasteiger partial charge is 0.330 e. The Kier molecular flexibility index (Phi) is 3.66. The number of H-pyrrole nitrogens is 1. The van der Waals surface area contributed by atoms with Crippen molar-refractivity contribution in [3.05, 3.63) is 68.5 Å². The van der Waals surface area contributed by atoms with Crippen molar-refractivity contribution in [2.45, 2.75) is 32.5 Å². The van der Waals surface area contributed by atoms with Crippen LogP contribution in [0.2, 0.25) is 0 Å². The van der Waals surface area contributed by atoms with Gasteiger partial charge in [0.15, 0.2) is 0 Å². The number of aromatic nitrogens is 2. The third kappa shape index (κ3) is 2.47. The summed E-state index contributed by atoms with van der Waals surface area (Å²) in [7, 11) is 0. The smallest absolute Gasteiger partial charge is 0.328 e. The van der Waals surface area contributed by atoms with Crippen molar-refractivity contribution in [1.29, 1.82) is 0 Å². The van der Waals surface area contributed by atoms with Crippen LogP contribution in [0, 0.1) is 0 Å². The summed E-state index contributed by atoms with van der Waals surface area (Å²) >= 11 is 0. The molecule has 1 amide bonds. The Hall–Kier alpha value is -2.63. The summed E-state index contributed by atoms with van der Waals surface area (Å²) in [6.45, 7) is 2.53. The number of hydrogen-bond donors (Lipinski definition) is 1. The van der Waals surface area contributed by atoms with Gasteiger partial charge in [-0.15, -0.1) is 0 Å². The molecular weight excluding hydrogens is 282 g/mol. The first kappa shape index (κ1) is 14.3. The Balaban J connectivity index is 1.84. The molecule has 1 aromatic heterocycles. The second-order valence-electron chi connectivity index (χ2n) is 5.38. The Labute approximate surface area is 127 Å². The fourth-order valence-corrected chi connectivity index (χ4v) is 2.97. The highest BCUT2D eigenvalue weighted by Gasteiger charge is 2.31. The minimum Gasteiger partial charge on any atom is -0.330 e.